The number of carbonyl (C=O) groups excluding carboxylic acids is 1. The zero-order valence-corrected chi connectivity index (χ0v) is 22.3. The lowest BCUT2D eigenvalue weighted by Crippen LogP contribution is -2.52. The van der Waals surface area contributed by atoms with E-state index in [0.717, 1.165) is 11.3 Å². The van der Waals surface area contributed by atoms with Crippen LogP contribution >= 0.6 is 11.3 Å². The molecule has 0 radical (unpaired) electrons. The van der Waals surface area contributed by atoms with Crippen LogP contribution in [0.15, 0.2) is 41.3 Å². The minimum absolute atomic E-state index is 0.0404. The number of ether oxygens (including phenoxy) is 2. The van der Waals surface area contributed by atoms with Gasteiger partial charge in [0.15, 0.2) is 15.0 Å². The summed E-state index contributed by atoms with van der Waals surface area (Å²) in [5.41, 5.74) is -1.94. The summed E-state index contributed by atoms with van der Waals surface area (Å²) in [6.07, 6.45) is 0.115. The second kappa shape index (κ2) is 10.9. The van der Waals surface area contributed by atoms with Crippen LogP contribution < -0.4 is 5.32 Å². The molecule has 4 N–H and O–H groups in total. The predicted octanol–water partition coefficient (Wildman–Crippen LogP) is 1.77. The Balaban J connectivity index is 1.50. The maximum absolute atomic E-state index is 13.8. The van der Waals surface area contributed by atoms with Crippen molar-refractivity contribution in [2.75, 3.05) is 25.1 Å². The van der Waals surface area contributed by atoms with Crippen molar-refractivity contribution < 1.29 is 42.8 Å². The Morgan fingerprint density at radius 3 is 2.41 bits per heavy atom. The molecule has 2 aromatic heterocycles. The standard InChI is InChI=1S/C25H27N3O9S2/c29-13-20(30)18-7-8-19-21(26-18)38-24(27-19)28-22(31)25(23(32)33,37-15-9-11-36-12-10-15)14-1-3-16(4-2-14)39(34,35)17-5-6-17/h1-4,7-8,15,17,20,29-30H,5-6,9-13H2,(H,32,33)(H,27,28,31). The summed E-state index contributed by atoms with van der Waals surface area (Å²) in [5.74, 6) is -2.59. The summed E-state index contributed by atoms with van der Waals surface area (Å²) < 4.78 is 36.7. The zero-order chi connectivity index (χ0) is 27.8. The molecule has 1 aliphatic carbocycles. The second-order valence-electron chi connectivity index (χ2n) is 9.42. The van der Waals surface area contributed by atoms with Gasteiger partial charge in [-0.05, 0) is 49.9 Å². The maximum Gasteiger partial charge on any atom is 0.350 e. The third kappa shape index (κ3) is 5.40. The van der Waals surface area contributed by atoms with Crippen LogP contribution in [0, 0.1) is 0 Å². The molecule has 1 amide bonds. The Morgan fingerprint density at radius 2 is 1.79 bits per heavy atom. The summed E-state index contributed by atoms with van der Waals surface area (Å²) in [6.45, 7) is 0.157. The predicted molar refractivity (Wildman–Crippen MR) is 139 cm³/mol. The number of aromatic nitrogens is 2. The average Bonchev–Trinajstić information content (AvgIpc) is 3.72. The van der Waals surface area contributed by atoms with E-state index < -0.39 is 51.4 Å². The molecule has 3 aromatic rings. The lowest BCUT2D eigenvalue weighted by atomic mass is 9.91. The largest absolute Gasteiger partial charge is 0.478 e. The van der Waals surface area contributed by atoms with E-state index >= 15 is 0 Å². The molecule has 39 heavy (non-hydrogen) atoms. The van der Waals surface area contributed by atoms with Gasteiger partial charge in [0.25, 0.3) is 11.5 Å². The van der Waals surface area contributed by atoms with Gasteiger partial charge in [-0.3, -0.25) is 10.1 Å². The molecule has 2 unspecified atom stereocenters. The number of carboxylic acid groups (broad SMARTS) is 1. The number of rotatable bonds is 10. The highest BCUT2D eigenvalue weighted by Crippen LogP contribution is 2.37. The van der Waals surface area contributed by atoms with Crippen molar-refractivity contribution in [3.63, 3.8) is 0 Å². The Kier molecular flexibility index (Phi) is 7.68. The number of amides is 1. The normalized spacial score (nSPS) is 18.9. The quantitative estimate of drug-likeness (QED) is 0.257. The third-order valence-corrected chi connectivity index (χ3v) is 9.86. The molecule has 3 heterocycles. The van der Waals surface area contributed by atoms with Gasteiger partial charge >= 0.3 is 5.97 Å². The molecule has 0 spiro atoms. The van der Waals surface area contributed by atoms with Crippen LogP contribution in [0.25, 0.3) is 10.3 Å². The molecule has 1 saturated heterocycles. The van der Waals surface area contributed by atoms with Crippen molar-refractivity contribution in [1.29, 1.82) is 0 Å². The van der Waals surface area contributed by atoms with Crippen LogP contribution in [-0.4, -0.2) is 76.8 Å². The van der Waals surface area contributed by atoms with Gasteiger partial charge in [0, 0.05) is 18.8 Å². The Morgan fingerprint density at radius 1 is 1.10 bits per heavy atom. The number of thiazole rings is 1. The van der Waals surface area contributed by atoms with E-state index in [0.29, 0.717) is 49.2 Å². The zero-order valence-electron chi connectivity index (χ0n) is 20.6. The second-order valence-corrected chi connectivity index (χ2v) is 12.6. The van der Waals surface area contributed by atoms with Gasteiger partial charge in [0.05, 0.1) is 28.6 Å². The van der Waals surface area contributed by atoms with Crippen molar-refractivity contribution >= 4 is 48.5 Å². The SMILES string of the molecule is O=C(O)C(OC1CCOCC1)(C(=O)Nc1nc2ccc(C(O)CO)nc2s1)c1ccc(S(=O)(=O)C2CC2)cc1. The number of anilines is 1. The minimum atomic E-state index is -3.52. The summed E-state index contributed by atoms with van der Waals surface area (Å²) >= 11 is 0.958. The van der Waals surface area contributed by atoms with Gasteiger partial charge in [-0.2, -0.15) is 0 Å². The van der Waals surface area contributed by atoms with Crippen molar-refractivity contribution in [3.05, 3.63) is 47.7 Å². The first-order valence-electron chi connectivity index (χ1n) is 12.4. The van der Waals surface area contributed by atoms with Gasteiger partial charge in [-0.15, -0.1) is 0 Å². The highest BCUT2D eigenvalue weighted by atomic mass is 32.2. The van der Waals surface area contributed by atoms with Gasteiger partial charge in [-0.1, -0.05) is 23.5 Å². The third-order valence-electron chi connectivity index (χ3n) is 6.70. The number of carbonyl (C=O) groups is 2. The van der Waals surface area contributed by atoms with Gasteiger partial charge in [0.2, 0.25) is 0 Å². The number of pyridine rings is 1. The average molecular weight is 578 g/mol. The summed E-state index contributed by atoms with van der Waals surface area (Å²) in [5, 5.41) is 31.6. The molecule has 208 valence electrons. The molecule has 1 aromatic carbocycles. The van der Waals surface area contributed by atoms with Crippen LogP contribution in [0.3, 0.4) is 0 Å². The van der Waals surface area contributed by atoms with E-state index in [1.807, 2.05) is 0 Å². The first kappa shape index (κ1) is 27.6. The Labute approximate surface area is 227 Å². The monoisotopic (exact) mass is 577 g/mol. The number of fused-ring (bicyclic) bond motifs is 1. The number of nitrogens with one attached hydrogen (secondary N) is 1. The summed E-state index contributed by atoms with van der Waals surface area (Å²) in [6, 6.07) is 8.25. The number of benzene rings is 1. The minimum Gasteiger partial charge on any atom is -0.478 e. The number of aliphatic hydroxyl groups is 2. The fraction of sp³-hybridized carbons (Fsp3) is 0.440. The van der Waals surface area contributed by atoms with E-state index in [1.54, 1.807) is 6.07 Å². The first-order valence-corrected chi connectivity index (χ1v) is 14.7. The highest BCUT2D eigenvalue weighted by molar-refractivity contribution is 7.92. The van der Waals surface area contributed by atoms with Crippen LogP contribution in [0.4, 0.5) is 5.13 Å². The summed E-state index contributed by atoms with van der Waals surface area (Å²) in [4.78, 5) is 35.6. The molecule has 2 aliphatic rings. The Bertz CT molecular complexity index is 1480. The van der Waals surface area contributed by atoms with E-state index in [-0.39, 0.29) is 21.3 Å². The highest BCUT2D eigenvalue weighted by Gasteiger charge is 2.52. The van der Waals surface area contributed by atoms with Gasteiger partial charge in [0.1, 0.15) is 16.5 Å². The number of aliphatic carboxylic acids is 1. The molecular weight excluding hydrogens is 550 g/mol. The van der Waals surface area contributed by atoms with Crippen molar-refractivity contribution in [1.82, 2.24) is 9.97 Å². The number of hydrogen-bond donors (Lipinski definition) is 4. The number of carboxylic acids is 1. The lowest BCUT2D eigenvalue weighted by Gasteiger charge is -2.34. The lowest BCUT2D eigenvalue weighted by molar-refractivity contribution is -0.186. The smallest absolute Gasteiger partial charge is 0.350 e. The molecule has 5 rings (SSSR count). The molecular formula is C25H27N3O9S2. The molecule has 2 atom stereocenters. The number of nitrogens with zero attached hydrogens (tertiary/aromatic N) is 2. The van der Waals surface area contributed by atoms with Crippen molar-refractivity contribution in [3.8, 4) is 0 Å². The number of aliphatic hydroxyl groups excluding tert-OH is 2. The van der Waals surface area contributed by atoms with Crippen molar-refractivity contribution in [2.24, 2.45) is 0 Å². The molecule has 2 fully saturated rings. The van der Waals surface area contributed by atoms with Gasteiger partial charge in [-0.25, -0.2) is 23.2 Å². The topological polar surface area (TPSA) is 185 Å². The molecule has 1 saturated carbocycles. The van der Waals surface area contributed by atoms with E-state index in [9.17, 15) is 33.3 Å². The van der Waals surface area contributed by atoms with Crippen LogP contribution in [0.1, 0.15) is 43.0 Å². The van der Waals surface area contributed by atoms with Crippen molar-refractivity contribution in [2.45, 2.75) is 53.6 Å². The molecule has 14 heteroatoms. The molecule has 0 bridgehead atoms. The fourth-order valence-electron chi connectivity index (χ4n) is 4.37. The van der Waals surface area contributed by atoms with E-state index in [4.69, 9.17) is 9.47 Å². The molecule has 1 aliphatic heterocycles. The van der Waals surface area contributed by atoms with Crippen LogP contribution in [0.5, 0.6) is 0 Å². The first-order chi connectivity index (χ1) is 18.6. The molecule has 12 nitrogen and oxygen atoms in total. The number of sulfone groups is 1. The fourth-order valence-corrected chi connectivity index (χ4v) is 6.86. The number of hydrogen-bond acceptors (Lipinski definition) is 11. The Hall–Kier alpha value is -3.01. The van der Waals surface area contributed by atoms with E-state index in [1.165, 1.54) is 30.3 Å². The van der Waals surface area contributed by atoms with E-state index in [2.05, 4.69) is 15.3 Å². The maximum atomic E-state index is 13.8. The van der Waals surface area contributed by atoms with Crippen LogP contribution in [0.2, 0.25) is 0 Å². The van der Waals surface area contributed by atoms with Crippen LogP contribution in [-0.2, 0) is 34.5 Å². The van der Waals surface area contributed by atoms with Gasteiger partial charge < -0.3 is 24.8 Å². The summed E-state index contributed by atoms with van der Waals surface area (Å²) in [7, 11) is -3.52.